The van der Waals surface area contributed by atoms with E-state index in [9.17, 15) is 0 Å². The van der Waals surface area contributed by atoms with Gasteiger partial charge >= 0.3 is 0 Å². The fourth-order valence-electron chi connectivity index (χ4n) is 0.705. The van der Waals surface area contributed by atoms with Crippen molar-refractivity contribution >= 4 is 15.9 Å². The molecule has 1 N–H and O–H groups in total. The Labute approximate surface area is 80.3 Å². The average Bonchev–Trinajstić information content (AvgIpc) is 2.09. The standard InChI is InChI=1S/C8H11BrN2O/c1-10-4-5-12-8-3-2-7(9)6-11-8/h2-3,6,10H,4-5H2,1H3. The smallest absolute Gasteiger partial charge is 0.213 e. The predicted octanol–water partition coefficient (Wildman–Crippen LogP) is 1.44. The highest BCUT2D eigenvalue weighted by molar-refractivity contribution is 9.10. The van der Waals surface area contributed by atoms with Gasteiger partial charge in [0.05, 0.1) is 0 Å². The number of hydrogen-bond acceptors (Lipinski definition) is 3. The first-order valence-corrected chi connectivity index (χ1v) is 4.51. The number of rotatable bonds is 4. The van der Waals surface area contributed by atoms with Gasteiger partial charge in [0.15, 0.2) is 0 Å². The van der Waals surface area contributed by atoms with E-state index in [1.54, 1.807) is 6.20 Å². The molecule has 0 unspecified atom stereocenters. The Morgan fingerprint density at radius 1 is 1.58 bits per heavy atom. The molecular formula is C8H11BrN2O. The van der Waals surface area contributed by atoms with Gasteiger partial charge in [-0.2, -0.15) is 0 Å². The zero-order chi connectivity index (χ0) is 8.81. The third-order valence-electron chi connectivity index (χ3n) is 1.30. The number of ether oxygens (including phenoxy) is 1. The Bertz CT molecular complexity index is 225. The summed E-state index contributed by atoms with van der Waals surface area (Å²) < 4.78 is 6.27. The molecule has 0 radical (unpaired) electrons. The molecular weight excluding hydrogens is 220 g/mol. The second-order valence-electron chi connectivity index (χ2n) is 2.27. The van der Waals surface area contributed by atoms with Crippen LogP contribution in [0.2, 0.25) is 0 Å². The van der Waals surface area contributed by atoms with E-state index >= 15 is 0 Å². The van der Waals surface area contributed by atoms with Gasteiger partial charge in [-0.1, -0.05) is 0 Å². The highest BCUT2D eigenvalue weighted by atomic mass is 79.9. The highest BCUT2D eigenvalue weighted by Crippen LogP contribution is 2.11. The van der Waals surface area contributed by atoms with Crippen LogP contribution in [0, 0.1) is 0 Å². The average molecular weight is 231 g/mol. The number of pyridine rings is 1. The van der Waals surface area contributed by atoms with Gasteiger partial charge in [0.2, 0.25) is 5.88 Å². The Kier molecular flexibility index (Phi) is 4.04. The van der Waals surface area contributed by atoms with Crippen molar-refractivity contribution in [3.05, 3.63) is 22.8 Å². The monoisotopic (exact) mass is 230 g/mol. The van der Waals surface area contributed by atoms with E-state index in [0.717, 1.165) is 11.0 Å². The maximum absolute atomic E-state index is 5.31. The van der Waals surface area contributed by atoms with Crippen LogP contribution in [0.25, 0.3) is 0 Å². The maximum Gasteiger partial charge on any atom is 0.213 e. The number of aromatic nitrogens is 1. The Morgan fingerprint density at radius 2 is 2.42 bits per heavy atom. The quantitative estimate of drug-likeness (QED) is 0.796. The minimum absolute atomic E-state index is 0.644. The molecule has 3 nitrogen and oxygen atoms in total. The molecule has 12 heavy (non-hydrogen) atoms. The van der Waals surface area contributed by atoms with E-state index < -0.39 is 0 Å². The van der Waals surface area contributed by atoms with E-state index in [1.807, 2.05) is 19.2 Å². The molecule has 4 heteroatoms. The van der Waals surface area contributed by atoms with Gasteiger partial charge in [0.25, 0.3) is 0 Å². The van der Waals surface area contributed by atoms with Gasteiger partial charge in [-0.15, -0.1) is 0 Å². The van der Waals surface area contributed by atoms with Crippen LogP contribution in [0.15, 0.2) is 22.8 Å². The van der Waals surface area contributed by atoms with Crippen molar-refractivity contribution in [1.29, 1.82) is 0 Å². The summed E-state index contributed by atoms with van der Waals surface area (Å²) in [5, 5.41) is 2.99. The molecule has 0 aliphatic rings. The van der Waals surface area contributed by atoms with Crippen molar-refractivity contribution in [2.75, 3.05) is 20.2 Å². The summed E-state index contributed by atoms with van der Waals surface area (Å²) in [6.45, 7) is 1.48. The van der Waals surface area contributed by atoms with E-state index in [2.05, 4.69) is 26.2 Å². The predicted molar refractivity (Wildman–Crippen MR) is 51.4 cm³/mol. The van der Waals surface area contributed by atoms with Crippen LogP contribution in [0.4, 0.5) is 0 Å². The van der Waals surface area contributed by atoms with Gasteiger partial charge in [-0.25, -0.2) is 4.98 Å². The van der Waals surface area contributed by atoms with Crippen LogP contribution in [-0.4, -0.2) is 25.2 Å². The van der Waals surface area contributed by atoms with Crippen LogP contribution in [0.3, 0.4) is 0 Å². The fourth-order valence-corrected chi connectivity index (χ4v) is 0.940. The van der Waals surface area contributed by atoms with E-state index in [1.165, 1.54) is 0 Å². The van der Waals surface area contributed by atoms with E-state index in [-0.39, 0.29) is 0 Å². The van der Waals surface area contributed by atoms with Crippen molar-refractivity contribution in [2.24, 2.45) is 0 Å². The second-order valence-corrected chi connectivity index (χ2v) is 3.18. The third-order valence-corrected chi connectivity index (χ3v) is 1.77. The first-order valence-electron chi connectivity index (χ1n) is 3.72. The van der Waals surface area contributed by atoms with Crippen LogP contribution in [0.5, 0.6) is 5.88 Å². The molecule has 1 rings (SSSR count). The molecule has 0 spiro atoms. The molecule has 66 valence electrons. The van der Waals surface area contributed by atoms with Crippen molar-refractivity contribution < 1.29 is 4.74 Å². The van der Waals surface area contributed by atoms with Crippen molar-refractivity contribution in [3.63, 3.8) is 0 Å². The summed E-state index contributed by atoms with van der Waals surface area (Å²) in [5.41, 5.74) is 0. The molecule has 0 saturated heterocycles. The summed E-state index contributed by atoms with van der Waals surface area (Å²) in [6.07, 6.45) is 1.72. The molecule has 1 aromatic heterocycles. The van der Waals surface area contributed by atoms with Crippen molar-refractivity contribution in [2.45, 2.75) is 0 Å². The molecule has 1 heterocycles. The zero-order valence-corrected chi connectivity index (χ0v) is 8.47. The van der Waals surface area contributed by atoms with Crippen molar-refractivity contribution in [1.82, 2.24) is 10.3 Å². The summed E-state index contributed by atoms with van der Waals surface area (Å²) in [7, 11) is 1.89. The summed E-state index contributed by atoms with van der Waals surface area (Å²) >= 11 is 3.30. The Hall–Kier alpha value is -0.610. The molecule has 0 fully saturated rings. The van der Waals surface area contributed by atoms with E-state index in [4.69, 9.17) is 4.74 Å². The lowest BCUT2D eigenvalue weighted by molar-refractivity contribution is 0.306. The molecule has 0 amide bonds. The van der Waals surface area contributed by atoms with Gasteiger partial charge in [-0.05, 0) is 29.0 Å². The lowest BCUT2D eigenvalue weighted by atomic mass is 10.5. The lowest BCUT2D eigenvalue weighted by Gasteiger charge is -2.03. The van der Waals surface area contributed by atoms with Crippen LogP contribution < -0.4 is 10.1 Å². The van der Waals surface area contributed by atoms with Crippen molar-refractivity contribution in [3.8, 4) is 5.88 Å². The van der Waals surface area contributed by atoms with Crippen LogP contribution in [-0.2, 0) is 0 Å². The maximum atomic E-state index is 5.31. The highest BCUT2D eigenvalue weighted by Gasteiger charge is 1.93. The number of likely N-dealkylation sites (N-methyl/N-ethyl adjacent to an activating group) is 1. The molecule has 0 aliphatic heterocycles. The van der Waals surface area contributed by atoms with Crippen LogP contribution in [0.1, 0.15) is 0 Å². The Morgan fingerprint density at radius 3 is 3.00 bits per heavy atom. The fraction of sp³-hybridized carbons (Fsp3) is 0.375. The molecule has 0 aliphatic carbocycles. The zero-order valence-electron chi connectivity index (χ0n) is 6.88. The molecule has 0 atom stereocenters. The van der Waals surface area contributed by atoms with Gasteiger partial charge in [-0.3, -0.25) is 0 Å². The van der Waals surface area contributed by atoms with Gasteiger partial charge in [0.1, 0.15) is 6.61 Å². The molecule has 0 saturated carbocycles. The molecule has 0 aromatic carbocycles. The lowest BCUT2D eigenvalue weighted by Crippen LogP contribution is -2.16. The van der Waals surface area contributed by atoms with Gasteiger partial charge < -0.3 is 10.1 Å². The first kappa shape index (κ1) is 9.48. The number of nitrogens with zero attached hydrogens (tertiary/aromatic N) is 1. The summed E-state index contributed by atoms with van der Waals surface area (Å²) in [6, 6.07) is 3.74. The Balaban J connectivity index is 2.37. The SMILES string of the molecule is CNCCOc1ccc(Br)cn1. The number of nitrogens with one attached hydrogen (secondary N) is 1. The number of halogens is 1. The molecule has 1 aromatic rings. The van der Waals surface area contributed by atoms with Crippen LogP contribution >= 0.6 is 15.9 Å². The molecule has 0 bridgehead atoms. The first-order chi connectivity index (χ1) is 5.83. The minimum Gasteiger partial charge on any atom is -0.476 e. The topological polar surface area (TPSA) is 34.1 Å². The normalized spacial score (nSPS) is 9.83. The van der Waals surface area contributed by atoms with Gasteiger partial charge in [0, 0.05) is 23.3 Å². The second kappa shape index (κ2) is 5.11. The summed E-state index contributed by atoms with van der Waals surface area (Å²) in [5.74, 6) is 0.661. The largest absolute Gasteiger partial charge is 0.476 e. The third kappa shape index (κ3) is 3.19. The summed E-state index contributed by atoms with van der Waals surface area (Å²) in [4.78, 5) is 4.05. The van der Waals surface area contributed by atoms with E-state index in [0.29, 0.717) is 12.5 Å². The minimum atomic E-state index is 0.644. The number of hydrogen-bond donors (Lipinski definition) is 1.